The molecule has 0 saturated heterocycles. The van der Waals surface area contributed by atoms with Gasteiger partial charge in [-0.05, 0) is 31.2 Å². The number of rotatable bonds is 5. The van der Waals surface area contributed by atoms with Gasteiger partial charge in [-0.2, -0.15) is 5.26 Å². The number of aliphatic imine (C=N–C) groups is 1. The maximum atomic E-state index is 12.2. The van der Waals surface area contributed by atoms with Gasteiger partial charge in [0, 0.05) is 10.6 Å². The van der Waals surface area contributed by atoms with Crippen LogP contribution in [-0.4, -0.2) is 29.5 Å². The van der Waals surface area contributed by atoms with Crippen LogP contribution in [0, 0.1) is 11.5 Å². The van der Waals surface area contributed by atoms with E-state index in [0.29, 0.717) is 10.6 Å². The lowest BCUT2D eigenvalue weighted by molar-refractivity contribution is 0.0934. The molecule has 0 saturated carbocycles. The molecule has 1 amide bonds. The summed E-state index contributed by atoms with van der Waals surface area (Å²) in [5.74, 6) is -0.527. The van der Waals surface area contributed by atoms with Gasteiger partial charge >= 0.3 is 0 Å². The van der Waals surface area contributed by atoms with E-state index in [0.717, 1.165) is 0 Å². The molecule has 1 aromatic carbocycles. The van der Waals surface area contributed by atoms with E-state index in [2.05, 4.69) is 25.9 Å². The van der Waals surface area contributed by atoms with Crippen LogP contribution in [0.15, 0.2) is 29.3 Å². The monoisotopic (exact) mass is 377 g/mol. The molecule has 23 heavy (non-hydrogen) atoms. The van der Waals surface area contributed by atoms with Crippen LogP contribution in [0.2, 0.25) is 5.02 Å². The van der Waals surface area contributed by atoms with Crippen molar-refractivity contribution in [1.82, 2.24) is 16.1 Å². The van der Waals surface area contributed by atoms with Crippen LogP contribution in [-0.2, 0) is 4.84 Å². The Labute approximate surface area is 148 Å². The van der Waals surface area contributed by atoms with Crippen molar-refractivity contribution in [2.75, 3.05) is 7.11 Å². The van der Waals surface area contributed by atoms with E-state index < -0.39 is 16.4 Å². The Balaban J connectivity index is 2.99. The van der Waals surface area contributed by atoms with Crippen LogP contribution in [0.25, 0.3) is 0 Å². The lowest BCUT2D eigenvalue weighted by Gasteiger charge is -2.24. The van der Waals surface area contributed by atoms with Crippen molar-refractivity contribution in [1.29, 1.82) is 5.26 Å². The molecule has 3 N–H and O–H groups in total. The highest BCUT2D eigenvalue weighted by Gasteiger charge is 2.32. The molecule has 0 aliphatic carbocycles. The van der Waals surface area contributed by atoms with Gasteiger partial charge in [-0.3, -0.25) is 14.9 Å². The molecule has 0 bridgehead atoms. The van der Waals surface area contributed by atoms with E-state index in [-0.39, 0.29) is 5.96 Å². The molecule has 0 radical (unpaired) electrons. The van der Waals surface area contributed by atoms with Crippen LogP contribution in [0.5, 0.6) is 0 Å². The fraction of sp³-hybridized carbons (Fsp3) is 0.308. The third kappa shape index (κ3) is 6.50. The molecule has 0 aliphatic heterocycles. The second-order valence-corrected chi connectivity index (χ2v) is 6.56. The first-order valence-electron chi connectivity index (χ1n) is 6.24. The topological polar surface area (TPSA) is 98.5 Å². The molecule has 7 nitrogen and oxygen atoms in total. The average Bonchev–Trinajstić information content (AvgIpc) is 2.46. The molecule has 0 fully saturated rings. The second kappa shape index (κ2) is 8.79. The van der Waals surface area contributed by atoms with E-state index in [1.54, 1.807) is 30.5 Å². The van der Waals surface area contributed by atoms with Gasteiger partial charge in [0.05, 0.1) is 7.11 Å². The quantitative estimate of drug-likeness (QED) is 0.182. The summed E-state index contributed by atoms with van der Waals surface area (Å²) in [6, 6.07) is 6.23. The summed E-state index contributed by atoms with van der Waals surface area (Å²) in [5, 5.41) is 14.0. The number of nitriles is 1. The van der Waals surface area contributed by atoms with Crippen molar-refractivity contribution in [3.05, 3.63) is 34.9 Å². The van der Waals surface area contributed by atoms with Gasteiger partial charge < -0.3 is 5.32 Å². The average molecular weight is 379 g/mol. The van der Waals surface area contributed by atoms with Crippen molar-refractivity contribution < 1.29 is 9.63 Å². The summed E-state index contributed by atoms with van der Waals surface area (Å²) in [5.41, 5.74) is 2.69. The Morgan fingerprint density at radius 2 is 2.00 bits per heavy atom. The Kier molecular flexibility index (Phi) is 7.39. The summed E-state index contributed by atoms with van der Waals surface area (Å²) in [4.78, 5) is 20.9. The maximum Gasteiger partial charge on any atom is 0.253 e. The minimum absolute atomic E-state index is 0.0658. The zero-order valence-corrected chi connectivity index (χ0v) is 14.5. The highest BCUT2D eigenvalue weighted by molar-refractivity contribution is 6.48. The molecule has 0 heterocycles. The predicted molar refractivity (Wildman–Crippen MR) is 89.1 cm³/mol. The summed E-state index contributed by atoms with van der Waals surface area (Å²) >= 11 is 17.9. The number of halogens is 3. The first-order valence-corrected chi connectivity index (χ1v) is 7.37. The maximum absolute atomic E-state index is 12.2. The number of alkyl halides is 2. The molecule has 124 valence electrons. The van der Waals surface area contributed by atoms with Gasteiger partial charge in [-0.25, -0.2) is 10.5 Å². The molecule has 0 aromatic heterocycles. The van der Waals surface area contributed by atoms with Crippen LogP contribution >= 0.6 is 34.8 Å². The zero-order valence-electron chi connectivity index (χ0n) is 12.2. The van der Waals surface area contributed by atoms with Crippen molar-refractivity contribution >= 4 is 46.7 Å². The van der Waals surface area contributed by atoms with Crippen LogP contribution in [0.1, 0.15) is 17.3 Å². The third-order valence-corrected chi connectivity index (χ3v) is 3.15. The zero-order chi connectivity index (χ0) is 17.5. The molecular formula is C13H14Cl3N5O2. The molecule has 0 aliphatic rings. The first-order chi connectivity index (χ1) is 10.8. The van der Waals surface area contributed by atoms with Gasteiger partial charge in [0.25, 0.3) is 5.91 Å². The minimum Gasteiger partial charge on any atom is -0.328 e. The lowest BCUT2D eigenvalue weighted by Crippen LogP contribution is -2.46. The molecule has 1 rings (SSSR count). The van der Waals surface area contributed by atoms with Crippen LogP contribution in [0.4, 0.5) is 0 Å². The molecular weight excluding hydrogens is 365 g/mol. The van der Waals surface area contributed by atoms with E-state index in [4.69, 9.17) is 40.1 Å². The Hall–Kier alpha value is -1.72. The molecule has 1 unspecified atom stereocenters. The standard InChI is InChI=1S/C13H14Cl3N5O2/c1-13(15,16)11(20-12(18-7-17)21-23-2)19-10(22)8-3-5-9(14)6-4-8/h3-6,11H,1-2H3,(H,19,22)(H2,18,20,21). The number of benzene rings is 1. The van der Waals surface area contributed by atoms with Gasteiger partial charge in [-0.1, -0.05) is 34.8 Å². The molecule has 0 spiro atoms. The summed E-state index contributed by atoms with van der Waals surface area (Å²) < 4.78 is -1.44. The number of nitrogens with zero attached hydrogens (tertiary/aromatic N) is 2. The van der Waals surface area contributed by atoms with Gasteiger partial charge in [-0.15, -0.1) is 0 Å². The van der Waals surface area contributed by atoms with Gasteiger partial charge in [0.1, 0.15) is 0 Å². The van der Waals surface area contributed by atoms with E-state index >= 15 is 0 Å². The third-order valence-electron chi connectivity index (χ3n) is 2.49. The number of guanidine groups is 1. The number of carbonyl (C=O) groups excluding carboxylic acids is 1. The second-order valence-electron chi connectivity index (χ2n) is 4.36. The molecule has 1 aromatic rings. The normalized spacial score (nSPS) is 13.0. The first kappa shape index (κ1) is 19.3. The van der Waals surface area contributed by atoms with E-state index in [1.807, 2.05) is 0 Å². The fourth-order valence-electron chi connectivity index (χ4n) is 1.44. The van der Waals surface area contributed by atoms with Crippen molar-refractivity contribution in [2.24, 2.45) is 4.99 Å². The van der Waals surface area contributed by atoms with Crippen molar-refractivity contribution in [3.63, 3.8) is 0 Å². The van der Waals surface area contributed by atoms with Gasteiger partial charge in [0.15, 0.2) is 16.7 Å². The predicted octanol–water partition coefficient (Wildman–Crippen LogP) is 2.17. The Morgan fingerprint density at radius 1 is 1.39 bits per heavy atom. The lowest BCUT2D eigenvalue weighted by atomic mass is 10.2. The molecule has 10 heteroatoms. The number of nitrogens with one attached hydrogen (secondary N) is 3. The summed E-state index contributed by atoms with van der Waals surface area (Å²) in [6.07, 6.45) is 0.601. The highest BCUT2D eigenvalue weighted by Crippen LogP contribution is 2.25. The van der Waals surface area contributed by atoms with Crippen LogP contribution < -0.4 is 16.1 Å². The smallest absolute Gasteiger partial charge is 0.253 e. The number of hydrogen-bond acceptors (Lipinski definition) is 4. The molecule has 1 atom stereocenters. The van der Waals surface area contributed by atoms with Crippen molar-refractivity contribution in [2.45, 2.75) is 17.4 Å². The SMILES string of the molecule is CONC(=NC(NC(=O)c1ccc(Cl)cc1)C(C)(Cl)Cl)NC#N. The van der Waals surface area contributed by atoms with E-state index in [1.165, 1.54) is 14.0 Å². The summed E-state index contributed by atoms with van der Waals surface area (Å²) in [7, 11) is 1.33. The number of carbonyl (C=O) groups is 1. The number of hydrogen-bond donors (Lipinski definition) is 3. The van der Waals surface area contributed by atoms with Crippen LogP contribution in [0.3, 0.4) is 0 Å². The summed E-state index contributed by atoms with van der Waals surface area (Å²) in [6.45, 7) is 1.45. The van der Waals surface area contributed by atoms with Crippen molar-refractivity contribution in [3.8, 4) is 6.19 Å². The van der Waals surface area contributed by atoms with E-state index in [9.17, 15) is 4.79 Å². The minimum atomic E-state index is -1.44. The largest absolute Gasteiger partial charge is 0.328 e. The highest BCUT2D eigenvalue weighted by atomic mass is 35.5. The number of amides is 1. The Morgan fingerprint density at radius 3 is 2.48 bits per heavy atom. The van der Waals surface area contributed by atoms with Gasteiger partial charge in [0.2, 0.25) is 5.96 Å². The fourth-order valence-corrected chi connectivity index (χ4v) is 1.78. The number of hydroxylamine groups is 1. The Bertz CT molecular complexity index is 608.